The molecule has 1 N–H and O–H groups in total. The normalized spacial score (nSPS) is 12.2. The number of esters is 1. The van der Waals surface area contributed by atoms with Crippen LogP contribution in [0.3, 0.4) is 0 Å². The van der Waals surface area contributed by atoms with E-state index in [0.29, 0.717) is 10.6 Å². The van der Waals surface area contributed by atoms with Gasteiger partial charge in [-0.2, -0.15) is 0 Å². The minimum absolute atomic E-state index is 0.0747. The molecule has 1 aromatic rings. The maximum absolute atomic E-state index is 12.0. The molecule has 0 aliphatic heterocycles. The van der Waals surface area contributed by atoms with E-state index in [9.17, 15) is 14.4 Å². The Hall–Kier alpha value is -2.08. The van der Waals surface area contributed by atoms with Gasteiger partial charge in [0.25, 0.3) is 0 Å². The highest BCUT2D eigenvalue weighted by atomic mass is 35.5. The van der Waals surface area contributed by atoms with Crippen molar-refractivity contribution in [1.82, 2.24) is 5.32 Å². The molecule has 0 radical (unpaired) electrons. The number of benzene rings is 1. The van der Waals surface area contributed by atoms with Gasteiger partial charge in [0.05, 0.1) is 13.2 Å². The minimum atomic E-state index is -0.668. The Labute approximate surface area is 146 Å². The number of amides is 1. The first kappa shape index (κ1) is 20.0. The van der Waals surface area contributed by atoms with Crippen LogP contribution in [0.1, 0.15) is 45.2 Å². The molecule has 0 aromatic heterocycles. The first-order valence-electron chi connectivity index (χ1n) is 7.44. The van der Waals surface area contributed by atoms with Crippen LogP contribution in [0.5, 0.6) is 0 Å². The average Bonchev–Trinajstić information content (AvgIpc) is 2.44. The molecule has 6 nitrogen and oxygen atoms in total. The van der Waals surface area contributed by atoms with Gasteiger partial charge in [-0.1, -0.05) is 23.7 Å². The zero-order chi connectivity index (χ0) is 18.3. The third-order valence-corrected chi connectivity index (χ3v) is 3.18. The maximum Gasteiger partial charge on any atom is 0.408 e. The monoisotopic (exact) mass is 355 g/mol. The largest absolute Gasteiger partial charge is 0.469 e. The fourth-order valence-electron chi connectivity index (χ4n) is 1.96. The zero-order valence-corrected chi connectivity index (χ0v) is 15.0. The minimum Gasteiger partial charge on any atom is -0.469 e. The second-order valence-electron chi connectivity index (χ2n) is 6.25. The van der Waals surface area contributed by atoms with Crippen molar-refractivity contribution in [3.8, 4) is 0 Å². The molecule has 132 valence electrons. The molecule has 0 saturated carbocycles. The molecule has 1 unspecified atom stereocenters. The number of ketones is 1. The molecule has 0 bridgehead atoms. The van der Waals surface area contributed by atoms with Gasteiger partial charge in [0.15, 0.2) is 0 Å². The Kier molecular flexibility index (Phi) is 7.22. The molecule has 0 fully saturated rings. The molecule has 7 heteroatoms. The van der Waals surface area contributed by atoms with Crippen molar-refractivity contribution in [2.24, 2.45) is 0 Å². The topological polar surface area (TPSA) is 81.7 Å². The molecule has 0 heterocycles. The number of alkyl carbamates (subject to hydrolysis) is 1. The van der Waals surface area contributed by atoms with E-state index in [1.807, 2.05) is 0 Å². The lowest BCUT2D eigenvalue weighted by Gasteiger charge is -2.23. The van der Waals surface area contributed by atoms with Gasteiger partial charge in [0.2, 0.25) is 0 Å². The Morgan fingerprint density at radius 2 is 1.92 bits per heavy atom. The van der Waals surface area contributed by atoms with Gasteiger partial charge in [0.1, 0.15) is 17.8 Å². The van der Waals surface area contributed by atoms with Crippen molar-refractivity contribution < 1.29 is 23.9 Å². The van der Waals surface area contributed by atoms with Crippen molar-refractivity contribution in [2.45, 2.75) is 45.3 Å². The van der Waals surface area contributed by atoms with E-state index >= 15 is 0 Å². The summed E-state index contributed by atoms with van der Waals surface area (Å²) < 4.78 is 9.70. The lowest BCUT2D eigenvalue weighted by atomic mass is 10.0. The smallest absolute Gasteiger partial charge is 0.408 e. The number of hydrogen-bond donors (Lipinski definition) is 1. The van der Waals surface area contributed by atoms with E-state index in [-0.39, 0.29) is 18.6 Å². The molecular formula is C17H22ClNO5. The average molecular weight is 356 g/mol. The fourth-order valence-corrected chi connectivity index (χ4v) is 2.16. The van der Waals surface area contributed by atoms with E-state index in [1.54, 1.807) is 45.0 Å². The number of carbonyl (C=O) groups is 3. The number of carbonyl (C=O) groups excluding carboxylic acids is 3. The Morgan fingerprint density at radius 1 is 1.25 bits per heavy atom. The molecule has 0 saturated heterocycles. The fraction of sp³-hybridized carbons (Fsp3) is 0.471. The van der Waals surface area contributed by atoms with Gasteiger partial charge in [0, 0.05) is 11.4 Å². The van der Waals surface area contributed by atoms with Crippen molar-refractivity contribution in [1.29, 1.82) is 0 Å². The van der Waals surface area contributed by atoms with E-state index in [4.69, 9.17) is 16.3 Å². The highest BCUT2D eigenvalue weighted by molar-refractivity contribution is 6.30. The predicted molar refractivity (Wildman–Crippen MR) is 89.8 cm³/mol. The highest BCUT2D eigenvalue weighted by Crippen LogP contribution is 2.22. The molecule has 24 heavy (non-hydrogen) atoms. The van der Waals surface area contributed by atoms with Crippen LogP contribution < -0.4 is 5.32 Å². The summed E-state index contributed by atoms with van der Waals surface area (Å²) in [5.74, 6) is -0.981. The van der Waals surface area contributed by atoms with E-state index < -0.39 is 23.7 Å². The quantitative estimate of drug-likeness (QED) is 0.624. The highest BCUT2D eigenvalue weighted by Gasteiger charge is 2.23. The summed E-state index contributed by atoms with van der Waals surface area (Å²) in [5.41, 5.74) is -0.0227. The van der Waals surface area contributed by atoms with Crippen molar-refractivity contribution in [3.63, 3.8) is 0 Å². The second-order valence-corrected chi connectivity index (χ2v) is 6.69. The molecule has 0 spiro atoms. The van der Waals surface area contributed by atoms with Crippen molar-refractivity contribution >= 4 is 29.4 Å². The van der Waals surface area contributed by atoms with Crippen LogP contribution in [0, 0.1) is 0 Å². The molecule has 0 aliphatic rings. The van der Waals surface area contributed by atoms with Crippen LogP contribution in [-0.4, -0.2) is 30.6 Å². The Balaban J connectivity index is 2.89. The van der Waals surface area contributed by atoms with Gasteiger partial charge in [-0.25, -0.2) is 4.79 Å². The molecule has 1 rings (SSSR count). The first-order valence-corrected chi connectivity index (χ1v) is 7.82. The summed E-state index contributed by atoms with van der Waals surface area (Å²) in [6.07, 6.45) is -1.09. The number of nitrogens with one attached hydrogen (secondary N) is 1. The standard InChI is InChI=1S/C17H22ClNO5/c1-17(2,3)24-16(22)19-14(9-13(20)10-15(21)23-4)11-6-5-7-12(18)8-11/h5-8,14H,9-10H2,1-4H3,(H,19,22). The third-order valence-electron chi connectivity index (χ3n) is 2.94. The number of methoxy groups -OCH3 is 1. The summed E-state index contributed by atoms with van der Waals surface area (Å²) in [4.78, 5) is 35.3. The molecule has 0 aliphatic carbocycles. The maximum atomic E-state index is 12.0. The van der Waals surface area contributed by atoms with E-state index in [0.717, 1.165) is 0 Å². The summed E-state index contributed by atoms with van der Waals surface area (Å²) in [5, 5.41) is 3.12. The predicted octanol–water partition coefficient (Wildman–Crippen LogP) is 3.43. The summed E-state index contributed by atoms with van der Waals surface area (Å²) in [6, 6.07) is 6.13. The van der Waals surface area contributed by atoms with Crippen LogP contribution in [0.15, 0.2) is 24.3 Å². The number of ether oxygens (including phenoxy) is 2. The van der Waals surface area contributed by atoms with Crippen LogP contribution in [0.2, 0.25) is 5.02 Å². The zero-order valence-electron chi connectivity index (χ0n) is 14.2. The van der Waals surface area contributed by atoms with E-state index in [2.05, 4.69) is 10.1 Å². The van der Waals surface area contributed by atoms with Crippen molar-refractivity contribution in [3.05, 3.63) is 34.9 Å². The number of Topliss-reactive ketones (excluding diaryl/α,β-unsaturated/α-hetero) is 1. The number of hydrogen-bond acceptors (Lipinski definition) is 5. The number of halogens is 1. The van der Waals surface area contributed by atoms with Gasteiger partial charge >= 0.3 is 12.1 Å². The molecule has 1 amide bonds. The Bertz CT molecular complexity index is 609. The lowest BCUT2D eigenvalue weighted by molar-refractivity contribution is -0.143. The molecular weight excluding hydrogens is 334 g/mol. The summed E-state index contributed by atoms with van der Waals surface area (Å²) in [6.45, 7) is 5.22. The number of rotatable bonds is 6. The first-order chi connectivity index (χ1) is 11.1. The van der Waals surface area contributed by atoms with Gasteiger partial charge < -0.3 is 14.8 Å². The molecule has 1 aromatic carbocycles. The van der Waals surface area contributed by atoms with Crippen LogP contribution in [-0.2, 0) is 19.1 Å². The summed E-state index contributed by atoms with van der Waals surface area (Å²) in [7, 11) is 1.21. The van der Waals surface area contributed by atoms with Crippen LogP contribution in [0.25, 0.3) is 0 Å². The van der Waals surface area contributed by atoms with Gasteiger partial charge in [-0.05, 0) is 38.5 Å². The molecule has 1 atom stereocenters. The van der Waals surface area contributed by atoms with Gasteiger partial charge in [-0.15, -0.1) is 0 Å². The van der Waals surface area contributed by atoms with Crippen LogP contribution >= 0.6 is 11.6 Å². The van der Waals surface area contributed by atoms with Crippen molar-refractivity contribution in [2.75, 3.05) is 7.11 Å². The summed E-state index contributed by atoms with van der Waals surface area (Å²) >= 11 is 5.97. The Morgan fingerprint density at radius 3 is 2.46 bits per heavy atom. The second kappa shape index (κ2) is 8.68. The lowest BCUT2D eigenvalue weighted by Crippen LogP contribution is -2.36. The van der Waals surface area contributed by atoms with E-state index in [1.165, 1.54) is 7.11 Å². The SMILES string of the molecule is COC(=O)CC(=O)CC(NC(=O)OC(C)(C)C)c1cccc(Cl)c1. The van der Waals surface area contributed by atoms with Crippen LogP contribution in [0.4, 0.5) is 4.79 Å². The van der Waals surface area contributed by atoms with Gasteiger partial charge in [-0.3, -0.25) is 9.59 Å². The third kappa shape index (κ3) is 7.46.